The third-order valence-electron chi connectivity index (χ3n) is 8.81. The largest absolute Gasteiger partial charge is 0.417 e. The van der Waals surface area contributed by atoms with E-state index in [1.165, 1.54) is 16.4 Å². The smallest absolute Gasteiger partial charge is 0.390 e. The molecule has 2 fully saturated rings. The molecular formula is C29H41F3N6O6S3. The molecule has 2 aromatic rings. The molecule has 1 aromatic heterocycles. The molecule has 3 aliphatic rings. The number of nitrogens with one attached hydrogen (secondary N) is 1. The molecule has 2 saturated heterocycles. The molecule has 4 heterocycles. The first kappa shape index (κ1) is 36.1. The van der Waals surface area contributed by atoms with Gasteiger partial charge in [-0.15, -0.1) is 11.8 Å². The lowest BCUT2D eigenvalue weighted by molar-refractivity contribution is -0.139. The number of rotatable bonds is 12. The number of nitrogens with zero attached hydrogens (tertiary/aromatic N) is 5. The Bertz CT molecular complexity index is 1680. The fourth-order valence-electron chi connectivity index (χ4n) is 6.57. The number of hydrogen-bond acceptors (Lipinski definition) is 9. The Labute approximate surface area is 277 Å². The number of β-amino-alcohol motifs (C(OH)–C–C–N with tert-alkyl or cyclic N) is 1. The number of aliphatic hydroxyl groups excluding tert-OH is 1. The van der Waals surface area contributed by atoms with E-state index in [0.717, 1.165) is 74.9 Å². The summed E-state index contributed by atoms with van der Waals surface area (Å²) in [5, 5.41) is 15.9. The second-order valence-corrected chi connectivity index (χ2v) is 17.4. The Kier molecular flexibility index (Phi) is 11.0. The number of thioether (sulfide) groups is 1. The number of likely N-dealkylation sites (tertiary alicyclic amines) is 2. The Morgan fingerprint density at radius 1 is 1.06 bits per heavy atom. The van der Waals surface area contributed by atoms with Gasteiger partial charge in [0.25, 0.3) is 0 Å². The quantitative estimate of drug-likeness (QED) is 0.248. The van der Waals surface area contributed by atoms with Crippen LogP contribution in [0.3, 0.4) is 0 Å². The summed E-state index contributed by atoms with van der Waals surface area (Å²) in [6.07, 6.45) is 0.0847. The summed E-state index contributed by atoms with van der Waals surface area (Å²) >= 11 is 0.856. The minimum Gasteiger partial charge on any atom is -0.390 e. The molecule has 262 valence electrons. The number of alkyl halides is 3. The molecule has 5 rings (SSSR count). The van der Waals surface area contributed by atoms with Gasteiger partial charge in [0.15, 0.2) is 0 Å². The van der Waals surface area contributed by atoms with Crippen LogP contribution in [0.2, 0.25) is 0 Å². The van der Waals surface area contributed by atoms with E-state index < -0.39 is 37.9 Å². The molecule has 1 unspecified atom stereocenters. The maximum absolute atomic E-state index is 13.9. The van der Waals surface area contributed by atoms with E-state index in [2.05, 4.69) is 9.62 Å². The van der Waals surface area contributed by atoms with Crippen LogP contribution in [0.4, 0.5) is 13.2 Å². The van der Waals surface area contributed by atoms with E-state index in [0.29, 0.717) is 36.2 Å². The van der Waals surface area contributed by atoms with Crippen molar-refractivity contribution in [3.8, 4) is 11.3 Å². The fraction of sp³-hybridized carbons (Fsp3) is 0.655. The highest BCUT2D eigenvalue weighted by Crippen LogP contribution is 2.40. The molecule has 1 aromatic carbocycles. The van der Waals surface area contributed by atoms with Gasteiger partial charge in [0, 0.05) is 92.2 Å². The van der Waals surface area contributed by atoms with Gasteiger partial charge in [0.1, 0.15) is 0 Å². The van der Waals surface area contributed by atoms with Crippen LogP contribution >= 0.6 is 11.8 Å². The van der Waals surface area contributed by atoms with Crippen molar-refractivity contribution in [3.63, 3.8) is 0 Å². The lowest BCUT2D eigenvalue weighted by atomic mass is 10.0. The maximum Gasteiger partial charge on any atom is 0.417 e. The molecule has 0 spiro atoms. The molecule has 3 aliphatic heterocycles. The molecule has 0 aliphatic carbocycles. The van der Waals surface area contributed by atoms with Crippen LogP contribution in [-0.4, -0.2) is 121 Å². The van der Waals surface area contributed by atoms with Crippen LogP contribution in [0.5, 0.6) is 0 Å². The summed E-state index contributed by atoms with van der Waals surface area (Å²) < 4.78 is 94.7. The van der Waals surface area contributed by atoms with E-state index >= 15 is 0 Å². The SMILES string of the molecule is CS(=O)(=O)NCCSc1cc(-c2nn(CC(O)CN3CCC(N4CCCC4=O)CC3)c3c2CN(S(C)(=O)=O)CC3)ccc1C(F)(F)F. The number of sulfonamides is 2. The molecular weight excluding hydrogens is 682 g/mol. The third kappa shape index (κ3) is 9.07. The van der Waals surface area contributed by atoms with Crippen LogP contribution in [0.1, 0.15) is 42.5 Å². The number of carbonyl (C=O) groups excluding carboxylic acids is 1. The van der Waals surface area contributed by atoms with Gasteiger partial charge in [-0.25, -0.2) is 21.6 Å². The van der Waals surface area contributed by atoms with Gasteiger partial charge in [0.2, 0.25) is 26.0 Å². The van der Waals surface area contributed by atoms with Gasteiger partial charge in [0.05, 0.1) is 36.4 Å². The number of amides is 1. The summed E-state index contributed by atoms with van der Waals surface area (Å²) in [5.74, 6) is 0.256. The lowest BCUT2D eigenvalue weighted by Gasteiger charge is -2.37. The highest BCUT2D eigenvalue weighted by atomic mass is 32.2. The standard InChI is InChI=1S/C29H41F3N6O6S3/c1-46(41,42)33-10-15-45-26-16-20(5-6-24(26)29(30,31)32)28-23-19-36(47(2,43)44)14-9-25(23)38(34-28)18-22(39)17-35-12-7-21(8-13-35)37-11-3-4-27(37)40/h5-6,16,21-22,33,39H,3-4,7-15,17-19H2,1-2H3. The van der Waals surface area contributed by atoms with Gasteiger partial charge < -0.3 is 14.9 Å². The summed E-state index contributed by atoms with van der Waals surface area (Å²) in [4.78, 5) is 16.2. The Morgan fingerprint density at radius 2 is 1.79 bits per heavy atom. The van der Waals surface area contributed by atoms with E-state index in [9.17, 15) is 39.9 Å². The maximum atomic E-state index is 13.9. The van der Waals surface area contributed by atoms with Gasteiger partial charge >= 0.3 is 6.18 Å². The lowest BCUT2D eigenvalue weighted by Crippen LogP contribution is -2.47. The Balaban J connectivity index is 1.37. The molecule has 18 heteroatoms. The summed E-state index contributed by atoms with van der Waals surface area (Å²) in [7, 11) is -7.08. The van der Waals surface area contributed by atoms with Crippen molar-refractivity contribution in [1.82, 2.24) is 28.6 Å². The minimum absolute atomic E-state index is 0.00981. The molecule has 1 atom stereocenters. The van der Waals surface area contributed by atoms with E-state index in [4.69, 9.17) is 5.10 Å². The van der Waals surface area contributed by atoms with Crippen molar-refractivity contribution in [1.29, 1.82) is 0 Å². The second-order valence-electron chi connectivity index (χ2n) is 12.4. The summed E-state index contributed by atoms with van der Waals surface area (Å²) in [5.41, 5.74) is 1.11. The highest BCUT2D eigenvalue weighted by molar-refractivity contribution is 7.99. The van der Waals surface area contributed by atoms with Crippen LogP contribution in [0.15, 0.2) is 23.1 Å². The van der Waals surface area contributed by atoms with Crippen molar-refractivity contribution in [2.45, 2.75) is 68.4 Å². The average Bonchev–Trinajstić information content (AvgIpc) is 3.57. The average molecular weight is 723 g/mol. The third-order valence-corrected chi connectivity index (χ3v) is 11.8. The van der Waals surface area contributed by atoms with Crippen molar-refractivity contribution in [2.75, 3.05) is 57.5 Å². The number of carbonyl (C=O) groups is 1. The van der Waals surface area contributed by atoms with Crippen LogP contribution < -0.4 is 4.72 Å². The molecule has 0 bridgehead atoms. The van der Waals surface area contributed by atoms with E-state index in [-0.39, 0.29) is 48.8 Å². The van der Waals surface area contributed by atoms with Gasteiger partial charge in [-0.05, 0) is 31.4 Å². The predicted molar refractivity (Wildman–Crippen MR) is 172 cm³/mol. The van der Waals surface area contributed by atoms with Crippen LogP contribution in [-0.2, 0) is 50.5 Å². The number of benzene rings is 1. The molecule has 0 radical (unpaired) electrons. The zero-order chi connectivity index (χ0) is 34.1. The summed E-state index contributed by atoms with van der Waals surface area (Å²) in [6.45, 7) is 2.90. The monoisotopic (exact) mass is 722 g/mol. The molecule has 47 heavy (non-hydrogen) atoms. The number of fused-ring (bicyclic) bond motifs is 1. The van der Waals surface area contributed by atoms with Gasteiger partial charge in [-0.2, -0.15) is 22.6 Å². The number of hydrogen-bond donors (Lipinski definition) is 2. The van der Waals surface area contributed by atoms with Gasteiger partial charge in [-0.1, -0.05) is 6.07 Å². The highest BCUT2D eigenvalue weighted by Gasteiger charge is 2.36. The number of halogens is 3. The van der Waals surface area contributed by atoms with Crippen LogP contribution in [0.25, 0.3) is 11.3 Å². The molecule has 1 amide bonds. The van der Waals surface area contributed by atoms with Crippen molar-refractivity contribution >= 4 is 37.7 Å². The predicted octanol–water partition coefficient (Wildman–Crippen LogP) is 1.98. The van der Waals surface area contributed by atoms with Crippen LogP contribution in [0, 0.1) is 0 Å². The van der Waals surface area contributed by atoms with Crippen molar-refractivity contribution < 1.29 is 39.9 Å². The van der Waals surface area contributed by atoms with Crippen molar-refractivity contribution in [3.05, 3.63) is 35.0 Å². The first-order chi connectivity index (χ1) is 22.0. The van der Waals surface area contributed by atoms with E-state index in [1.807, 2.05) is 4.90 Å². The van der Waals surface area contributed by atoms with Crippen molar-refractivity contribution in [2.24, 2.45) is 0 Å². The van der Waals surface area contributed by atoms with Gasteiger partial charge in [-0.3, -0.25) is 9.48 Å². The number of aliphatic hydroxyl groups is 1. The molecule has 0 saturated carbocycles. The first-order valence-electron chi connectivity index (χ1n) is 15.5. The Hall–Kier alpha value is -2.22. The normalized spacial score (nSPS) is 19.8. The topological polar surface area (TPSA) is 145 Å². The molecule has 2 N–H and O–H groups in total. The summed E-state index contributed by atoms with van der Waals surface area (Å²) in [6, 6.07) is 3.84. The Morgan fingerprint density at radius 3 is 2.40 bits per heavy atom. The second kappa shape index (κ2) is 14.3. The fourth-order valence-corrected chi connectivity index (χ4v) is 8.93. The number of piperidine rings is 1. The zero-order valence-electron chi connectivity index (χ0n) is 26.4. The number of aromatic nitrogens is 2. The minimum atomic E-state index is -4.65. The van der Waals surface area contributed by atoms with E-state index in [1.54, 1.807) is 4.68 Å². The molecule has 12 nitrogen and oxygen atoms in total. The first-order valence-corrected chi connectivity index (χ1v) is 20.2. The zero-order valence-corrected chi connectivity index (χ0v) is 28.8.